The fourth-order valence-corrected chi connectivity index (χ4v) is 3.61. The van der Waals surface area contributed by atoms with Crippen molar-refractivity contribution in [3.63, 3.8) is 0 Å². The summed E-state index contributed by atoms with van der Waals surface area (Å²) in [6.45, 7) is 6.83. The topological polar surface area (TPSA) is 43.9 Å². The second-order valence-electron chi connectivity index (χ2n) is 6.26. The molecule has 0 saturated carbocycles. The summed E-state index contributed by atoms with van der Waals surface area (Å²) in [5.41, 5.74) is 0.695. The minimum atomic E-state index is -0.278. The molecule has 2 amide bonds. The molecular weight excluding hydrogens is 349 g/mol. The van der Waals surface area contributed by atoms with E-state index in [0.717, 1.165) is 32.7 Å². The zero-order valence-electron chi connectivity index (χ0n) is 13.7. The average Bonchev–Trinajstić information content (AvgIpc) is 2.98. The zero-order chi connectivity index (χ0) is 17.3. The van der Waals surface area contributed by atoms with Crippen molar-refractivity contribution in [3.8, 4) is 0 Å². The summed E-state index contributed by atoms with van der Waals surface area (Å²) in [5, 5.41) is 0.862. The zero-order valence-corrected chi connectivity index (χ0v) is 15.2. The first-order valence-electron chi connectivity index (χ1n) is 8.26. The van der Waals surface area contributed by atoms with E-state index in [4.69, 9.17) is 23.2 Å². The Morgan fingerprint density at radius 1 is 1.17 bits per heavy atom. The summed E-state index contributed by atoms with van der Waals surface area (Å²) in [5.74, 6) is -0.235. The number of rotatable bonds is 3. The number of anilines is 1. The van der Waals surface area contributed by atoms with Crippen molar-refractivity contribution in [3.05, 3.63) is 28.2 Å². The molecule has 1 aromatic carbocycles. The number of likely N-dealkylation sites (N-methyl/N-ethyl adjacent to an activating group) is 1. The largest absolute Gasteiger partial charge is 0.340 e. The average molecular weight is 370 g/mol. The van der Waals surface area contributed by atoms with Crippen LogP contribution in [0.25, 0.3) is 0 Å². The van der Waals surface area contributed by atoms with Crippen LogP contribution in [-0.4, -0.2) is 60.9 Å². The number of carbonyl (C=O) groups excluding carboxylic acids is 2. The van der Waals surface area contributed by atoms with E-state index in [1.807, 2.05) is 4.90 Å². The van der Waals surface area contributed by atoms with Crippen LogP contribution < -0.4 is 4.90 Å². The molecular formula is C17H21Cl2N3O2. The Morgan fingerprint density at radius 3 is 2.50 bits per heavy atom. The van der Waals surface area contributed by atoms with Gasteiger partial charge in [-0.25, -0.2) is 0 Å². The normalized spacial score (nSPS) is 22.3. The third-order valence-electron chi connectivity index (χ3n) is 4.82. The van der Waals surface area contributed by atoms with Gasteiger partial charge in [-0.3, -0.25) is 9.59 Å². The maximum Gasteiger partial charge on any atom is 0.228 e. The SMILES string of the molecule is CCN1CCN(C(=O)C2CC(=O)N(c3ccc(Cl)c(Cl)c3)C2)CC1. The lowest BCUT2D eigenvalue weighted by Crippen LogP contribution is -2.50. The van der Waals surface area contributed by atoms with E-state index < -0.39 is 0 Å². The fraction of sp³-hybridized carbons (Fsp3) is 0.529. The lowest BCUT2D eigenvalue weighted by atomic mass is 10.1. The van der Waals surface area contributed by atoms with Crippen LogP contribution in [-0.2, 0) is 9.59 Å². The Balaban J connectivity index is 1.66. The van der Waals surface area contributed by atoms with Gasteiger partial charge in [0.15, 0.2) is 0 Å². The van der Waals surface area contributed by atoms with Crippen molar-refractivity contribution >= 4 is 40.7 Å². The van der Waals surface area contributed by atoms with Gasteiger partial charge in [-0.1, -0.05) is 30.1 Å². The van der Waals surface area contributed by atoms with Gasteiger partial charge in [-0.2, -0.15) is 0 Å². The van der Waals surface area contributed by atoms with Gasteiger partial charge < -0.3 is 14.7 Å². The quantitative estimate of drug-likeness (QED) is 0.821. The maximum atomic E-state index is 12.7. The minimum Gasteiger partial charge on any atom is -0.340 e. The molecule has 1 unspecified atom stereocenters. The Hall–Kier alpha value is -1.30. The third kappa shape index (κ3) is 3.53. The number of hydrogen-bond acceptors (Lipinski definition) is 3. The molecule has 0 spiro atoms. The number of hydrogen-bond donors (Lipinski definition) is 0. The number of halogens is 2. The Morgan fingerprint density at radius 2 is 1.88 bits per heavy atom. The van der Waals surface area contributed by atoms with Crippen LogP contribution in [0.15, 0.2) is 18.2 Å². The van der Waals surface area contributed by atoms with E-state index in [9.17, 15) is 9.59 Å². The monoisotopic (exact) mass is 369 g/mol. The van der Waals surface area contributed by atoms with Crippen molar-refractivity contribution in [1.29, 1.82) is 0 Å². The molecule has 2 aliphatic rings. The van der Waals surface area contributed by atoms with Gasteiger partial charge in [0.2, 0.25) is 11.8 Å². The molecule has 0 aromatic heterocycles. The summed E-state index contributed by atoms with van der Waals surface area (Å²) in [7, 11) is 0. The van der Waals surface area contributed by atoms with Crippen molar-refractivity contribution < 1.29 is 9.59 Å². The van der Waals surface area contributed by atoms with E-state index in [1.54, 1.807) is 23.1 Å². The van der Waals surface area contributed by atoms with Crippen molar-refractivity contribution in [2.75, 3.05) is 44.2 Å². The van der Waals surface area contributed by atoms with Crippen LogP contribution in [0.5, 0.6) is 0 Å². The first-order chi connectivity index (χ1) is 11.5. The molecule has 0 aliphatic carbocycles. The summed E-state index contributed by atoms with van der Waals surface area (Å²) < 4.78 is 0. The van der Waals surface area contributed by atoms with Crippen LogP contribution >= 0.6 is 23.2 Å². The number of nitrogens with zero attached hydrogens (tertiary/aromatic N) is 3. The smallest absolute Gasteiger partial charge is 0.228 e. The third-order valence-corrected chi connectivity index (χ3v) is 5.56. The van der Waals surface area contributed by atoms with Gasteiger partial charge in [-0.05, 0) is 24.7 Å². The molecule has 2 saturated heterocycles. The Kier molecular flexibility index (Phi) is 5.33. The van der Waals surface area contributed by atoms with Crippen molar-refractivity contribution in [1.82, 2.24) is 9.80 Å². The van der Waals surface area contributed by atoms with Gasteiger partial charge in [0.25, 0.3) is 0 Å². The maximum absolute atomic E-state index is 12.7. The summed E-state index contributed by atoms with van der Waals surface area (Å²) in [6.07, 6.45) is 0.257. The van der Waals surface area contributed by atoms with Crippen LogP contribution in [0.4, 0.5) is 5.69 Å². The molecule has 0 radical (unpaired) electrons. The van der Waals surface area contributed by atoms with Gasteiger partial charge in [0.1, 0.15) is 0 Å². The molecule has 1 atom stereocenters. The number of piperazine rings is 1. The molecule has 2 aliphatic heterocycles. The summed E-state index contributed by atoms with van der Waals surface area (Å²) >= 11 is 12.0. The van der Waals surface area contributed by atoms with Gasteiger partial charge >= 0.3 is 0 Å². The van der Waals surface area contributed by atoms with Gasteiger partial charge in [-0.15, -0.1) is 0 Å². The Bertz CT molecular complexity index is 645. The first-order valence-corrected chi connectivity index (χ1v) is 9.01. The van der Waals surface area contributed by atoms with Crippen molar-refractivity contribution in [2.45, 2.75) is 13.3 Å². The molecule has 1 aromatic rings. The standard InChI is InChI=1S/C17H21Cl2N3O2/c1-2-20-5-7-21(8-6-20)17(24)12-9-16(23)22(11-12)13-3-4-14(18)15(19)10-13/h3-4,10,12H,2,5-9,11H2,1H3. The highest BCUT2D eigenvalue weighted by atomic mass is 35.5. The fourth-order valence-electron chi connectivity index (χ4n) is 3.32. The van der Waals surface area contributed by atoms with Crippen molar-refractivity contribution in [2.24, 2.45) is 5.92 Å². The molecule has 3 rings (SSSR count). The van der Waals surface area contributed by atoms with Gasteiger partial charge in [0, 0.05) is 44.8 Å². The van der Waals surface area contributed by atoms with E-state index in [0.29, 0.717) is 22.3 Å². The Labute approximate surface area is 152 Å². The highest BCUT2D eigenvalue weighted by molar-refractivity contribution is 6.42. The molecule has 0 N–H and O–H groups in total. The minimum absolute atomic E-state index is 0.0427. The molecule has 24 heavy (non-hydrogen) atoms. The second-order valence-corrected chi connectivity index (χ2v) is 7.08. The first kappa shape index (κ1) is 17.5. The number of amides is 2. The molecule has 130 valence electrons. The van der Waals surface area contributed by atoms with Crippen LogP contribution in [0.3, 0.4) is 0 Å². The van der Waals surface area contributed by atoms with Crippen LogP contribution in [0.1, 0.15) is 13.3 Å². The summed E-state index contributed by atoms with van der Waals surface area (Å²) in [4.78, 5) is 30.9. The van der Waals surface area contributed by atoms with E-state index >= 15 is 0 Å². The highest BCUT2D eigenvalue weighted by Gasteiger charge is 2.37. The molecule has 2 fully saturated rings. The van der Waals surface area contributed by atoms with E-state index in [-0.39, 0.29) is 24.2 Å². The second kappa shape index (κ2) is 7.30. The molecule has 0 bridgehead atoms. The highest BCUT2D eigenvalue weighted by Crippen LogP contribution is 2.31. The summed E-state index contributed by atoms with van der Waals surface area (Å²) in [6, 6.07) is 5.11. The predicted octanol–water partition coefficient (Wildman–Crippen LogP) is 2.51. The lowest BCUT2D eigenvalue weighted by Gasteiger charge is -2.35. The van der Waals surface area contributed by atoms with Gasteiger partial charge in [0.05, 0.1) is 16.0 Å². The van der Waals surface area contributed by atoms with E-state index in [1.165, 1.54) is 0 Å². The van der Waals surface area contributed by atoms with Crippen LogP contribution in [0, 0.1) is 5.92 Å². The van der Waals surface area contributed by atoms with E-state index in [2.05, 4.69) is 11.8 Å². The van der Waals surface area contributed by atoms with Crippen LogP contribution in [0.2, 0.25) is 10.0 Å². The lowest BCUT2D eigenvalue weighted by molar-refractivity contribution is -0.137. The molecule has 2 heterocycles. The number of carbonyl (C=O) groups is 2. The molecule has 7 heteroatoms. The number of benzene rings is 1. The predicted molar refractivity (Wildman–Crippen MR) is 95.6 cm³/mol. The molecule has 5 nitrogen and oxygen atoms in total.